The van der Waals surface area contributed by atoms with Crippen LogP contribution in [0.15, 0.2) is 24.7 Å². The van der Waals surface area contributed by atoms with Crippen molar-refractivity contribution in [3.8, 4) is 5.69 Å². The van der Waals surface area contributed by atoms with Crippen LogP contribution in [0.3, 0.4) is 0 Å². The zero-order chi connectivity index (χ0) is 8.55. The molecule has 0 saturated carbocycles. The Labute approximate surface area is 71.0 Å². The lowest BCUT2D eigenvalue weighted by molar-refractivity contribution is 0.867. The number of nitrogens with one attached hydrogen (secondary N) is 1. The molecule has 3 nitrogen and oxygen atoms in total. The molecule has 0 unspecified atom stereocenters. The molecular formula is C9H11N3. The lowest BCUT2D eigenvalue weighted by Crippen LogP contribution is -1.96. The highest BCUT2D eigenvalue weighted by Crippen LogP contribution is 2.15. The van der Waals surface area contributed by atoms with Crippen LogP contribution in [-0.2, 0) is 0 Å². The minimum atomic E-state index is 1.15. The van der Waals surface area contributed by atoms with Crippen LogP contribution in [0.4, 0.5) is 0 Å². The Balaban J connectivity index is 2.60. The van der Waals surface area contributed by atoms with E-state index in [1.165, 1.54) is 5.56 Å². The number of hydrogen-bond acceptors (Lipinski definition) is 1. The van der Waals surface area contributed by atoms with E-state index in [9.17, 15) is 0 Å². The van der Waals surface area contributed by atoms with Gasteiger partial charge < -0.3 is 4.98 Å². The van der Waals surface area contributed by atoms with Gasteiger partial charge in [-0.2, -0.15) is 5.10 Å². The second kappa shape index (κ2) is 2.52. The number of hydrogen-bond donors (Lipinski definition) is 1. The van der Waals surface area contributed by atoms with E-state index in [0.717, 1.165) is 11.4 Å². The van der Waals surface area contributed by atoms with E-state index in [0.29, 0.717) is 0 Å². The number of aryl methyl sites for hydroxylation is 2. The Morgan fingerprint density at radius 3 is 2.75 bits per heavy atom. The predicted molar refractivity (Wildman–Crippen MR) is 47.4 cm³/mol. The van der Waals surface area contributed by atoms with Crippen LogP contribution < -0.4 is 0 Å². The molecule has 62 valence electrons. The maximum atomic E-state index is 4.18. The molecule has 2 heterocycles. The minimum Gasteiger partial charge on any atom is -0.363 e. The molecule has 1 N–H and O–H groups in total. The first-order valence-electron chi connectivity index (χ1n) is 3.93. The van der Waals surface area contributed by atoms with Gasteiger partial charge in [-0.3, -0.25) is 0 Å². The first kappa shape index (κ1) is 7.16. The van der Waals surface area contributed by atoms with Gasteiger partial charge in [0.2, 0.25) is 0 Å². The highest BCUT2D eigenvalue weighted by Gasteiger charge is 2.05. The monoisotopic (exact) mass is 161 g/mol. The topological polar surface area (TPSA) is 33.6 Å². The fourth-order valence-electron chi connectivity index (χ4n) is 1.40. The first-order chi connectivity index (χ1) is 5.79. The fraction of sp³-hybridized carbons (Fsp3) is 0.222. The van der Waals surface area contributed by atoms with Gasteiger partial charge in [-0.25, -0.2) is 4.68 Å². The van der Waals surface area contributed by atoms with Crippen LogP contribution >= 0.6 is 0 Å². The largest absolute Gasteiger partial charge is 0.363 e. The molecule has 0 spiro atoms. The molecule has 3 heteroatoms. The normalized spacial score (nSPS) is 10.5. The molecule has 0 aliphatic heterocycles. The summed E-state index contributed by atoms with van der Waals surface area (Å²) >= 11 is 0. The fourth-order valence-corrected chi connectivity index (χ4v) is 1.40. The summed E-state index contributed by atoms with van der Waals surface area (Å²) in [7, 11) is 0. The van der Waals surface area contributed by atoms with Gasteiger partial charge in [-0.05, 0) is 25.5 Å². The third kappa shape index (κ3) is 0.942. The summed E-state index contributed by atoms with van der Waals surface area (Å²) in [6, 6.07) is 1.92. The van der Waals surface area contributed by atoms with Gasteiger partial charge in [-0.15, -0.1) is 0 Å². The number of aromatic amines is 1. The van der Waals surface area contributed by atoms with Crippen molar-refractivity contribution in [2.24, 2.45) is 0 Å². The highest BCUT2D eigenvalue weighted by atomic mass is 15.3. The van der Waals surface area contributed by atoms with E-state index in [2.05, 4.69) is 17.0 Å². The highest BCUT2D eigenvalue weighted by molar-refractivity contribution is 5.43. The molecular weight excluding hydrogens is 150 g/mol. The van der Waals surface area contributed by atoms with Crippen LogP contribution in [0.25, 0.3) is 5.69 Å². The average Bonchev–Trinajstić information content (AvgIpc) is 2.61. The SMILES string of the molecule is Cc1c[nH]c(C)c1-n1cccn1. The second-order valence-electron chi connectivity index (χ2n) is 2.90. The molecule has 0 aliphatic rings. The van der Waals surface area contributed by atoms with Crippen molar-refractivity contribution in [3.05, 3.63) is 35.9 Å². The summed E-state index contributed by atoms with van der Waals surface area (Å²) < 4.78 is 1.88. The summed E-state index contributed by atoms with van der Waals surface area (Å²) in [6.07, 6.45) is 5.72. The summed E-state index contributed by atoms with van der Waals surface area (Å²) in [5.41, 5.74) is 3.52. The van der Waals surface area contributed by atoms with E-state index >= 15 is 0 Å². The molecule has 0 aromatic carbocycles. The summed E-state index contributed by atoms with van der Waals surface area (Å²) in [6.45, 7) is 4.12. The van der Waals surface area contributed by atoms with Gasteiger partial charge in [-0.1, -0.05) is 0 Å². The standard InChI is InChI=1S/C9H11N3/c1-7-6-10-8(2)9(7)12-5-3-4-11-12/h3-6,10H,1-2H3. The van der Waals surface area contributed by atoms with Gasteiger partial charge >= 0.3 is 0 Å². The minimum absolute atomic E-state index is 1.15. The Kier molecular flexibility index (Phi) is 1.50. The molecule has 0 radical (unpaired) electrons. The molecule has 0 fully saturated rings. The molecule has 2 aromatic heterocycles. The number of rotatable bonds is 1. The quantitative estimate of drug-likeness (QED) is 0.680. The van der Waals surface area contributed by atoms with Gasteiger partial charge in [0.25, 0.3) is 0 Å². The van der Waals surface area contributed by atoms with Crippen LogP contribution in [0.5, 0.6) is 0 Å². The van der Waals surface area contributed by atoms with Crippen LogP contribution in [0, 0.1) is 13.8 Å². The average molecular weight is 161 g/mol. The van der Waals surface area contributed by atoms with Crippen molar-refractivity contribution in [2.75, 3.05) is 0 Å². The Morgan fingerprint density at radius 1 is 1.42 bits per heavy atom. The van der Waals surface area contributed by atoms with Crippen molar-refractivity contribution in [3.63, 3.8) is 0 Å². The van der Waals surface area contributed by atoms with Gasteiger partial charge in [0.15, 0.2) is 0 Å². The smallest absolute Gasteiger partial charge is 0.0878 e. The van der Waals surface area contributed by atoms with Crippen LogP contribution in [0.2, 0.25) is 0 Å². The lowest BCUT2D eigenvalue weighted by atomic mass is 10.3. The summed E-state index contributed by atoms with van der Waals surface area (Å²) in [5.74, 6) is 0. The summed E-state index contributed by atoms with van der Waals surface area (Å²) in [5, 5.41) is 4.18. The number of aromatic nitrogens is 3. The van der Waals surface area contributed by atoms with Gasteiger partial charge in [0.1, 0.15) is 0 Å². The van der Waals surface area contributed by atoms with Crippen molar-refractivity contribution in [1.82, 2.24) is 14.8 Å². The van der Waals surface area contributed by atoms with E-state index in [1.807, 2.05) is 30.1 Å². The van der Waals surface area contributed by atoms with Crippen molar-refractivity contribution >= 4 is 0 Å². The molecule has 0 aliphatic carbocycles. The number of nitrogens with zero attached hydrogens (tertiary/aromatic N) is 2. The molecule has 2 rings (SSSR count). The van der Waals surface area contributed by atoms with Crippen molar-refractivity contribution < 1.29 is 0 Å². The maximum absolute atomic E-state index is 4.18. The Hall–Kier alpha value is -1.51. The van der Waals surface area contributed by atoms with Crippen LogP contribution in [0.1, 0.15) is 11.3 Å². The van der Waals surface area contributed by atoms with E-state index in [1.54, 1.807) is 6.20 Å². The number of H-pyrrole nitrogens is 1. The third-order valence-electron chi connectivity index (χ3n) is 1.97. The molecule has 12 heavy (non-hydrogen) atoms. The van der Waals surface area contributed by atoms with E-state index in [4.69, 9.17) is 0 Å². The van der Waals surface area contributed by atoms with Gasteiger partial charge in [0.05, 0.1) is 5.69 Å². The zero-order valence-corrected chi connectivity index (χ0v) is 7.20. The van der Waals surface area contributed by atoms with E-state index in [-0.39, 0.29) is 0 Å². The third-order valence-corrected chi connectivity index (χ3v) is 1.97. The molecule has 0 bridgehead atoms. The summed E-state index contributed by atoms with van der Waals surface area (Å²) in [4.78, 5) is 3.16. The maximum Gasteiger partial charge on any atom is 0.0878 e. The lowest BCUT2D eigenvalue weighted by Gasteiger charge is -2.00. The van der Waals surface area contributed by atoms with Gasteiger partial charge in [0, 0.05) is 24.3 Å². The molecule has 0 amide bonds. The molecule has 0 saturated heterocycles. The first-order valence-corrected chi connectivity index (χ1v) is 3.93. The molecule has 2 aromatic rings. The van der Waals surface area contributed by atoms with Crippen molar-refractivity contribution in [2.45, 2.75) is 13.8 Å². The zero-order valence-electron chi connectivity index (χ0n) is 7.20. The Morgan fingerprint density at radius 2 is 2.25 bits per heavy atom. The Bertz CT molecular complexity index is 351. The molecule has 0 atom stereocenters. The second-order valence-corrected chi connectivity index (χ2v) is 2.90. The van der Waals surface area contributed by atoms with Crippen LogP contribution in [-0.4, -0.2) is 14.8 Å². The van der Waals surface area contributed by atoms with Crippen molar-refractivity contribution in [1.29, 1.82) is 0 Å². The van der Waals surface area contributed by atoms with E-state index < -0.39 is 0 Å². The predicted octanol–water partition coefficient (Wildman–Crippen LogP) is 1.82.